The van der Waals surface area contributed by atoms with E-state index >= 15 is 0 Å². The number of unbranched alkanes of at least 4 members (excludes halogenated alkanes) is 6. The summed E-state index contributed by atoms with van der Waals surface area (Å²) in [4.78, 5) is 0. The van der Waals surface area contributed by atoms with Gasteiger partial charge in [-0.2, -0.15) is 0 Å². The topological polar surface area (TPSA) is 3.24 Å². The van der Waals surface area contributed by atoms with Gasteiger partial charge in [-0.3, -0.25) is 0 Å². The molecule has 116 valence electrons. The van der Waals surface area contributed by atoms with Crippen LogP contribution in [0.1, 0.15) is 65.2 Å². The Kier molecular flexibility index (Phi) is 11.3. The zero-order valence-electron chi connectivity index (χ0n) is 14.6. The van der Waals surface area contributed by atoms with Crippen LogP contribution in [0.3, 0.4) is 0 Å². The molecule has 0 aromatic heterocycles. The normalized spacial score (nSPS) is 12.6. The smallest absolute Gasteiger partial charge is 0.111 e. The third-order valence-electron chi connectivity index (χ3n) is 4.39. The van der Waals surface area contributed by atoms with Gasteiger partial charge in [-0.15, -0.1) is 0 Å². The van der Waals surface area contributed by atoms with Crippen LogP contribution >= 0.6 is 0 Å². The van der Waals surface area contributed by atoms with Crippen molar-refractivity contribution in [1.82, 2.24) is 4.23 Å². The Bertz CT molecular complexity index is 189. The third kappa shape index (κ3) is 9.86. The molecule has 0 aromatic carbocycles. The number of nitrogens with zero attached hydrogens (tertiary/aromatic N) is 1. The second-order valence-corrected chi connectivity index (χ2v) is 15.9. The molecule has 0 radical (unpaired) electrons. The van der Waals surface area contributed by atoms with Gasteiger partial charge < -0.3 is 4.23 Å². The predicted octanol–water partition coefficient (Wildman–Crippen LogP) is 5.64. The summed E-state index contributed by atoms with van der Waals surface area (Å²) in [5.74, 6) is 0. The van der Waals surface area contributed by atoms with Crippen LogP contribution in [0.25, 0.3) is 0 Å². The van der Waals surface area contributed by atoms with E-state index in [-0.39, 0.29) is 0 Å². The summed E-state index contributed by atoms with van der Waals surface area (Å²) < 4.78 is 2.89. The van der Waals surface area contributed by atoms with Gasteiger partial charge in [0.2, 0.25) is 0 Å². The molecule has 0 rings (SSSR count). The van der Waals surface area contributed by atoms with E-state index < -0.39 is 17.2 Å². The Hall–Kier alpha value is 0.394. The average Bonchev–Trinajstić information content (AvgIpc) is 2.35. The van der Waals surface area contributed by atoms with E-state index in [0.29, 0.717) is 0 Å². The minimum absolute atomic E-state index is 0.643. The molecule has 0 unspecified atom stereocenters. The fourth-order valence-corrected chi connectivity index (χ4v) is 10.4. The lowest BCUT2D eigenvalue weighted by Gasteiger charge is -2.37. The molecule has 0 spiro atoms. The monoisotopic (exact) mass is 301 g/mol. The molecule has 0 heterocycles. The van der Waals surface area contributed by atoms with Gasteiger partial charge in [0, 0.05) is 0 Å². The quantitative estimate of drug-likeness (QED) is 0.333. The van der Waals surface area contributed by atoms with Crippen LogP contribution in [-0.4, -0.2) is 28.5 Å². The Labute approximate surface area is 125 Å². The minimum Gasteiger partial charge on any atom is -0.351 e. The van der Waals surface area contributed by atoms with Crippen LogP contribution in [0.15, 0.2) is 0 Å². The molecule has 0 atom stereocenters. The van der Waals surface area contributed by atoms with Crippen molar-refractivity contribution in [3.8, 4) is 0 Å². The second kappa shape index (κ2) is 11.1. The molecule has 0 aliphatic rings. The highest BCUT2D eigenvalue weighted by molar-refractivity contribution is 6.83. The Morgan fingerprint density at radius 2 is 1.16 bits per heavy atom. The third-order valence-corrected chi connectivity index (χ3v) is 13.2. The lowest BCUT2D eigenvalue weighted by atomic mass is 10.2. The molecule has 0 aliphatic heterocycles. The maximum Gasteiger partial charge on any atom is 0.111 e. The van der Waals surface area contributed by atoms with Crippen molar-refractivity contribution in [2.75, 3.05) is 7.05 Å². The maximum atomic E-state index is 2.89. The Morgan fingerprint density at radius 3 is 1.47 bits per heavy atom. The van der Waals surface area contributed by atoms with Crippen molar-refractivity contribution >= 4 is 17.2 Å². The van der Waals surface area contributed by atoms with Crippen LogP contribution in [0.5, 0.6) is 0 Å². The lowest BCUT2D eigenvalue weighted by molar-refractivity contribution is 0.657. The van der Waals surface area contributed by atoms with Gasteiger partial charge >= 0.3 is 0 Å². The van der Waals surface area contributed by atoms with E-state index in [1.807, 2.05) is 0 Å². The van der Waals surface area contributed by atoms with Gasteiger partial charge in [-0.1, -0.05) is 84.9 Å². The fourth-order valence-electron chi connectivity index (χ4n) is 2.69. The van der Waals surface area contributed by atoms with Gasteiger partial charge in [-0.05, 0) is 19.1 Å². The predicted molar refractivity (Wildman–Crippen MR) is 96.2 cm³/mol. The van der Waals surface area contributed by atoms with Gasteiger partial charge in [-0.25, -0.2) is 0 Å². The highest BCUT2D eigenvalue weighted by atomic mass is 28.4. The van der Waals surface area contributed by atoms with E-state index in [1.54, 1.807) is 12.1 Å². The van der Waals surface area contributed by atoms with Crippen molar-refractivity contribution < 1.29 is 0 Å². The minimum atomic E-state index is -1.07. The molecule has 0 saturated carbocycles. The van der Waals surface area contributed by atoms with Crippen molar-refractivity contribution in [3.05, 3.63) is 0 Å². The molecule has 0 bridgehead atoms. The second-order valence-electron chi connectivity index (χ2n) is 7.13. The summed E-state index contributed by atoms with van der Waals surface area (Å²) in [6.07, 6.45) is 11.5. The van der Waals surface area contributed by atoms with E-state index in [9.17, 15) is 0 Å². The molecule has 0 N–H and O–H groups in total. The first-order chi connectivity index (χ1) is 8.93. The van der Waals surface area contributed by atoms with E-state index in [2.05, 4.69) is 44.8 Å². The number of hydrogen-bond acceptors (Lipinski definition) is 1. The maximum absolute atomic E-state index is 2.89. The first kappa shape index (κ1) is 19.4. The highest BCUT2D eigenvalue weighted by Gasteiger charge is 2.27. The fraction of sp³-hybridized carbons (Fsp3) is 1.00. The molecule has 0 aliphatic carbocycles. The van der Waals surface area contributed by atoms with Crippen LogP contribution in [0.2, 0.25) is 31.7 Å². The number of rotatable bonds is 12. The van der Waals surface area contributed by atoms with E-state index in [1.165, 1.54) is 51.4 Å². The Balaban J connectivity index is 4.14. The van der Waals surface area contributed by atoms with Crippen LogP contribution < -0.4 is 0 Å². The zero-order valence-corrected chi connectivity index (χ0v) is 16.8. The lowest BCUT2D eigenvalue weighted by Crippen LogP contribution is -2.51. The highest BCUT2D eigenvalue weighted by Crippen LogP contribution is 2.20. The van der Waals surface area contributed by atoms with Crippen molar-refractivity contribution in [2.45, 2.75) is 96.9 Å². The van der Waals surface area contributed by atoms with Crippen molar-refractivity contribution in [3.63, 3.8) is 0 Å². The summed E-state index contributed by atoms with van der Waals surface area (Å²) in [7, 11) is 0.738. The standard InChI is InChI=1S/C16H39NSi2/c1-7-9-11-13-15-18(16-14-12-10-8-2)17(3)19(4,5)6/h18H,7-16H2,1-6H3. The molecular formula is C16H39NSi2. The number of hydrogen-bond donors (Lipinski definition) is 0. The Morgan fingerprint density at radius 1 is 0.737 bits per heavy atom. The molecule has 0 amide bonds. The summed E-state index contributed by atoms with van der Waals surface area (Å²) in [6, 6.07) is 3.12. The first-order valence-corrected chi connectivity index (χ1v) is 14.3. The molecule has 3 heteroatoms. The van der Waals surface area contributed by atoms with Crippen LogP contribution in [0.4, 0.5) is 0 Å². The molecule has 0 aromatic rings. The zero-order chi connectivity index (χ0) is 14.7. The average molecular weight is 302 g/mol. The SMILES string of the molecule is CCCCCC[SiH](CCCCCC)N(C)[Si](C)(C)C. The van der Waals surface area contributed by atoms with E-state index in [4.69, 9.17) is 0 Å². The largest absolute Gasteiger partial charge is 0.351 e. The molecular weight excluding hydrogens is 262 g/mol. The van der Waals surface area contributed by atoms with E-state index in [0.717, 1.165) is 0 Å². The van der Waals surface area contributed by atoms with Gasteiger partial charge in [0.15, 0.2) is 0 Å². The molecule has 0 saturated heterocycles. The molecule has 19 heavy (non-hydrogen) atoms. The van der Waals surface area contributed by atoms with Gasteiger partial charge in [0.1, 0.15) is 17.2 Å². The summed E-state index contributed by atoms with van der Waals surface area (Å²) >= 11 is 0. The molecule has 0 fully saturated rings. The van der Waals surface area contributed by atoms with Crippen molar-refractivity contribution in [1.29, 1.82) is 0 Å². The summed E-state index contributed by atoms with van der Waals surface area (Å²) in [6.45, 7) is 12.2. The molecule has 1 nitrogen and oxygen atoms in total. The van der Waals surface area contributed by atoms with Crippen LogP contribution in [0, 0.1) is 0 Å². The summed E-state index contributed by atoms with van der Waals surface area (Å²) in [5, 5.41) is 0. The summed E-state index contributed by atoms with van der Waals surface area (Å²) in [5.41, 5.74) is 0. The first-order valence-electron chi connectivity index (χ1n) is 8.66. The van der Waals surface area contributed by atoms with Gasteiger partial charge in [0.25, 0.3) is 0 Å². The van der Waals surface area contributed by atoms with Crippen LogP contribution in [-0.2, 0) is 0 Å². The van der Waals surface area contributed by atoms with Crippen molar-refractivity contribution in [2.24, 2.45) is 0 Å². The van der Waals surface area contributed by atoms with Gasteiger partial charge in [0.05, 0.1) is 0 Å².